The van der Waals surface area contributed by atoms with Gasteiger partial charge in [-0.05, 0) is 38.5 Å². The zero-order valence-corrected chi connectivity index (χ0v) is 13.9. The smallest absolute Gasteiger partial charge is 0.412 e. The number of anilines is 1. The van der Waals surface area contributed by atoms with Crippen LogP contribution in [0.1, 0.15) is 26.3 Å². The molecule has 0 spiro atoms. The summed E-state index contributed by atoms with van der Waals surface area (Å²) in [5.41, 5.74) is 0.503. The monoisotopic (exact) mass is 341 g/mol. The van der Waals surface area contributed by atoms with Gasteiger partial charge in [-0.2, -0.15) is 12.7 Å². The van der Waals surface area contributed by atoms with E-state index in [9.17, 15) is 18.0 Å². The van der Waals surface area contributed by atoms with E-state index < -0.39 is 27.8 Å². The molecule has 0 unspecified atom stereocenters. The summed E-state index contributed by atoms with van der Waals surface area (Å²) in [5.74, 6) is -0.562. The highest BCUT2D eigenvalue weighted by molar-refractivity contribution is 7.88. The van der Waals surface area contributed by atoms with Crippen molar-refractivity contribution in [3.8, 4) is 0 Å². The average Bonchev–Trinajstić information content (AvgIpc) is 2.59. The van der Waals surface area contributed by atoms with Gasteiger partial charge < -0.3 is 4.74 Å². The zero-order valence-electron chi connectivity index (χ0n) is 13.1. The van der Waals surface area contributed by atoms with Crippen molar-refractivity contribution in [3.63, 3.8) is 0 Å². The minimum absolute atomic E-state index is 0.0327. The molecular weight excluding hydrogens is 322 g/mol. The Morgan fingerprint density at radius 2 is 2.09 bits per heavy atom. The van der Waals surface area contributed by atoms with Gasteiger partial charge in [0.2, 0.25) is 5.91 Å². The number of amides is 2. The van der Waals surface area contributed by atoms with E-state index in [-0.39, 0.29) is 13.1 Å². The Labute approximate surface area is 135 Å². The average molecular weight is 341 g/mol. The Bertz CT molecular complexity index is 724. The molecule has 0 radical (unpaired) electrons. The minimum Gasteiger partial charge on any atom is -0.444 e. The quantitative estimate of drug-likeness (QED) is 0.860. The van der Waals surface area contributed by atoms with Crippen molar-refractivity contribution < 1.29 is 22.7 Å². The number of hydrogen-bond donors (Lipinski definition) is 2. The van der Waals surface area contributed by atoms with E-state index in [1.165, 1.54) is 0 Å². The van der Waals surface area contributed by atoms with Gasteiger partial charge in [0, 0.05) is 12.2 Å². The molecule has 1 saturated heterocycles. The lowest BCUT2D eigenvalue weighted by Gasteiger charge is -2.20. The third-order valence-corrected chi connectivity index (χ3v) is 4.26. The Balaban J connectivity index is 2.06. The second-order valence-corrected chi connectivity index (χ2v) is 7.80. The maximum absolute atomic E-state index is 11.7. The van der Waals surface area contributed by atoms with Gasteiger partial charge in [-0.15, -0.1) is 0 Å². The summed E-state index contributed by atoms with van der Waals surface area (Å²) < 4.78 is 31.5. The lowest BCUT2D eigenvalue weighted by Crippen LogP contribution is -2.29. The first-order valence-corrected chi connectivity index (χ1v) is 8.39. The van der Waals surface area contributed by atoms with Crippen molar-refractivity contribution >= 4 is 27.9 Å². The first kappa shape index (κ1) is 17.2. The summed E-state index contributed by atoms with van der Waals surface area (Å²) in [6.07, 6.45) is -0.597. The number of benzene rings is 1. The Kier molecular flexibility index (Phi) is 4.62. The first-order chi connectivity index (χ1) is 10.5. The maximum atomic E-state index is 11.7. The predicted octanol–water partition coefficient (Wildman–Crippen LogP) is 1.21. The molecule has 1 aromatic carbocycles. The number of ether oxygens (including phenoxy) is 1. The van der Waals surface area contributed by atoms with Gasteiger partial charge in [-0.3, -0.25) is 10.1 Å². The molecular formula is C14H19N3O5S. The number of hydrogen-bond acceptors (Lipinski definition) is 5. The number of rotatable bonds is 3. The number of nitrogens with zero attached hydrogens (tertiary/aromatic N) is 1. The van der Waals surface area contributed by atoms with Crippen LogP contribution in [-0.2, 0) is 26.3 Å². The van der Waals surface area contributed by atoms with E-state index in [1.807, 2.05) is 4.72 Å². The summed E-state index contributed by atoms with van der Waals surface area (Å²) in [4.78, 5) is 22.9. The van der Waals surface area contributed by atoms with Crippen molar-refractivity contribution in [2.45, 2.75) is 32.9 Å². The van der Waals surface area contributed by atoms with Crippen LogP contribution in [0.15, 0.2) is 24.3 Å². The highest BCUT2D eigenvalue weighted by atomic mass is 32.2. The Morgan fingerprint density at radius 1 is 1.39 bits per heavy atom. The summed E-state index contributed by atoms with van der Waals surface area (Å²) >= 11 is 0. The molecule has 1 aliphatic rings. The lowest BCUT2D eigenvalue weighted by atomic mass is 10.2. The number of nitrogens with one attached hydrogen (secondary N) is 2. The second-order valence-electron chi connectivity index (χ2n) is 6.13. The molecule has 9 heteroatoms. The normalized spacial score (nSPS) is 17.6. The van der Waals surface area contributed by atoms with Crippen molar-refractivity contribution in [1.82, 2.24) is 9.03 Å². The summed E-state index contributed by atoms with van der Waals surface area (Å²) in [7, 11) is -3.77. The van der Waals surface area contributed by atoms with E-state index in [0.29, 0.717) is 11.3 Å². The van der Waals surface area contributed by atoms with E-state index in [1.54, 1.807) is 45.0 Å². The van der Waals surface area contributed by atoms with Crippen LogP contribution in [0, 0.1) is 0 Å². The van der Waals surface area contributed by atoms with Crippen LogP contribution in [0.2, 0.25) is 0 Å². The summed E-state index contributed by atoms with van der Waals surface area (Å²) in [6.45, 7) is 5.08. The Hall–Kier alpha value is -2.13. The molecule has 1 fully saturated rings. The van der Waals surface area contributed by atoms with Crippen LogP contribution in [0.4, 0.5) is 10.5 Å². The second kappa shape index (κ2) is 6.17. The molecule has 0 bridgehead atoms. The van der Waals surface area contributed by atoms with Crippen LogP contribution in [0.25, 0.3) is 0 Å². The molecule has 0 atom stereocenters. The molecule has 23 heavy (non-hydrogen) atoms. The van der Waals surface area contributed by atoms with Gasteiger partial charge in [0.1, 0.15) is 5.60 Å². The fourth-order valence-electron chi connectivity index (χ4n) is 2.00. The van der Waals surface area contributed by atoms with Crippen LogP contribution >= 0.6 is 0 Å². The molecule has 8 nitrogen and oxygen atoms in total. The summed E-state index contributed by atoms with van der Waals surface area (Å²) in [6, 6.07) is 6.68. The van der Waals surface area contributed by atoms with Crippen molar-refractivity contribution in [2.24, 2.45) is 0 Å². The molecule has 1 aromatic rings. The predicted molar refractivity (Wildman–Crippen MR) is 83.8 cm³/mol. The number of carbonyl (C=O) groups is 2. The molecule has 126 valence electrons. The molecule has 2 N–H and O–H groups in total. The summed E-state index contributed by atoms with van der Waals surface area (Å²) in [5, 5.41) is 2.58. The fraction of sp³-hybridized carbons (Fsp3) is 0.429. The highest BCUT2D eigenvalue weighted by Gasteiger charge is 2.33. The van der Waals surface area contributed by atoms with Crippen LogP contribution in [0.3, 0.4) is 0 Å². The van der Waals surface area contributed by atoms with Crippen LogP contribution < -0.4 is 10.0 Å². The van der Waals surface area contributed by atoms with Gasteiger partial charge in [0.05, 0.1) is 6.54 Å². The Morgan fingerprint density at radius 3 is 2.65 bits per heavy atom. The van der Waals surface area contributed by atoms with Crippen LogP contribution in [-0.4, -0.2) is 36.9 Å². The van der Waals surface area contributed by atoms with E-state index in [2.05, 4.69) is 5.32 Å². The maximum Gasteiger partial charge on any atom is 0.412 e. The molecule has 1 aliphatic heterocycles. The van der Waals surface area contributed by atoms with Crippen molar-refractivity contribution in [2.75, 3.05) is 11.9 Å². The lowest BCUT2D eigenvalue weighted by molar-refractivity contribution is -0.118. The SMILES string of the molecule is CC(C)(C)OC(=O)Nc1cccc(CN2CC(=O)NS2(=O)=O)c1. The highest BCUT2D eigenvalue weighted by Crippen LogP contribution is 2.17. The molecule has 1 heterocycles. The van der Waals surface area contributed by atoms with Crippen molar-refractivity contribution in [3.05, 3.63) is 29.8 Å². The van der Waals surface area contributed by atoms with Gasteiger partial charge in [0.15, 0.2) is 0 Å². The zero-order chi connectivity index (χ0) is 17.3. The standard InChI is InChI=1S/C14H19N3O5S/c1-14(2,3)22-13(19)15-11-6-4-5-10(7-11)8-17-9-12(18)16-23(17,20)21/h4-7H,8-9H2,1-3H3,(H,15,19)(H,16,18). The largest absolute Gasteiger partial charge is 0.444 e. The number of carbonyl (C=O) groups excluding carboxylic acids is 2. The van der Waals surface area contributed by atoms with E-state index >= 15 is 0 Å². The van der Waals surface area contributed by atoms with E-state index in [4.69, 9.17) is 4.74 Å². The third kappa shape index (κ3) is 4.93. The third-order valence-electron chi connectivity index (χ3n) is 2.83. The molecule has 2 amide bonds. The van der Waals surface area contributed by atoms with Gasteiger partial charge >= 0.3 is 16.3 Å². The van der Waals surface area contributed by atoms with Crippen LogP contribution in [0.5, 0.6) is 0 Å². The van der Waals surface area contributed by atoms with Crippen molar-refractivity contribution in [1.29, 1.82) is 0 Å². The fourth-order valence-corrected chi connectivity index (χ4v) is 3.09. The molecule has 0 aromatic heterocycles. The molecule has 2 rings (SSSR count). The molecule has 0 aliphatic carbocycles. The first-order valence-electron chi connectivity index (χ1n) is 6.95. The van der Waals surface area contributed by atoms with E-state index in [0.717, 1.165) is 4.31 Å². The topological polar surface area (TPSA) is 105 Å². The van der Waals surface area contributed by atoms with Gasteiger partial charge in [-0.1, -0.05) is 12.1 Å². The molecule has 0 saturated carbocycles. The van der Waals surface area contributed by atoms with Gasteiger partial charge in [-0.25, -0.2) is 9.52 Å². The van der Waals surface area contributed by atoms with Gasteiger partial charge in [0.25, 0.3) is 0 Å². The minimum atomic E-state index is -3.77.